The summed E-state index contributed by atoms with van der Waals surface area (Å²) in [7, 11) is 0. The molecule has 0 unspecified atom stereocenters. The number of pyridine rings is 1. The molecule has 212 valence electrons. The van der Waals surface area contributed by atoms with Crippen LogP contribution in [0.1, 0.15) is 22.3 Å². The smallest absolute Gasteiger partial charge is 0.137 e. The minimum Gasteiger partial charge on any atom is -0.309 e. The van der Waals surface area contributed by atoms with Crippen LogP contribution in [0.4, 0.5) is 0 Å². The summed E-state index contributed by atoms with van der Waals surface area (Å²) < 4.78 is 4.70. The molecule has 3 nitrogen and oxygen atoms in total. The normalized spacial score (nSPS) is 11.6. The molecule has 0 spiro atoms. The molecule has 5 aromatic carbocycles. The maximum Gasteiger partial charge on any atom is 0.137 e. The highest BCUT2D eigenvalue weighted by atomic mass is 15.0. The highest BCUT2D eigenvalue weighted by molar-refractivity contribution is 6.11. The molecule has 3 heterocycles. The van der Waals surface area contributed by atoms with Crippen molar-refractivity contribution in [1.29, 1.82) is 0 Å². The lowest BCUT2D eigenvalue weighted by atomic mass is 10.0. The second-order valence-corrected chi connectivity index (χ2v) is 12.0. The van der Waals surface area contributed by atoms with E-state index in [0.717, 1.165) is 33.7 Å². The van der Waals surface area contributed by atoms with Crippen molar-refractivity contribution < 1.29 is 0 Å². The Morgan fingerprint density at radius 2 is 1.05 bits per heavy atom. The second kappa shape index (κ2) is 10.1. The van der Waals surface area contributed by atoms with Gasteiger partial charge in [-0.15, -0.1) is 0 Å². The molecule has 44 heavy (non-hydrogen) atoms. The van der Waals surface area contributed by atoms with E-state index < -0.39 is 0 Å². The molecule has 8 rings (SSSR count). The number of fused-ring (bicyclic) bond motifs is 4. The highest BCUT2D eigenvalue weighted by Crippen LogP contribution is 2.38. The van der Waals surface area contributed by atoms with Crippen molar-refractivity contribution in [3.8, 4) is 39.3 Å². The largest absolute Gasteiger partial charge is 0.309 e. The van der Waals surface area contributed by atoms with E-state index in [4.69, 9.17) is 4.98 Å². The van der Waals surface area contributed by atoms with Crippen molar-refractivity contribution >= 4 is 27.5 Å². The van der Waals surface area contributed by atoms with E-state index in [-0.39, 0.29) is 0 Å². The Morgan fingerprint density at radius 3 is 1.64 bits per heavy atom. The molecule has 0 fully saturated rings. The monoisotopic (exact) mass is 567 g/mol. The van der Waals surface area contributed by atoms with Crippen LogP contribution in [-0.2, 0) is 0 Å². The van der Waals surface area contributed by atoms with Gasteiger partial charge in [0.25, 0.3) is 0 Å². The van der Waals surface area contributed by atoms with Crippen molar-refractivity contribution in [3.63, 3.8) is 0 Å². The van der Waals surface area contributed by atoms with Crippen molar-refractivity contribution in [2.24, 2.45) is 0 Å². The molecule has 0 saturated carbocycles. The van der Waals surface area contributed by atoms with Gasteiger partial charge in [-0.3, -0.25) is 4.40 Å². The Balaban J connectivity index is 1.29. The molecular formula is C41H33N3. The number of rotatable bonds is 4. The molecule has 3 aromatic heterocycles. The molecule has 0 N–H and O–H groups in total. The zero-order chi connectivity index (χ0) is 29.9. The summed E-state index contributed by atoms with van der Waals surface area (Å²) in [6, 6.07) is 43.6. The first-order valence-corrected chi connectivity index (χ1v) is 15.2. The van der Waals surface area contributed by atoms with E-state index in [9.17, 15) is 0 Å². The standard InChI is InChI=1S/C41H33N3/c1-26-21-28(3)39-35(23-26)36-24-27(2)22-29(4)40(36)44(39)34-18-15-30(16-19-34)33-17-20-37-42-38(31-11-7-5-8-12-31)41(43(37)25-33)32-13-9-6-10-14-32/h5-25H,1-4H3. The van der Waals surface area contributed by atoms with Crippen LogP contribution in [-0.4, -0.2) is 14.0 Å². The van der Waals surface area contributed by atoms with Crippen molar-refractivity contribution in [2.75, 3.05) is 0 Å². The number of aromatic nitrogens is 3. The third-order valence-electron chi connectivity index (χ3n) is 8.80. The summed E-state index contributed by atoms with van der Waals surface area (Å²) >= 11 is 0. The average molecular weight is 568 g/mol. The van der Waals surface area contributed by atoms with Crippen LogP contribution in [0.5, 0.6) is 0 Å². The van der Waals surface area contributed by atoms with Crippen LogP contribution in [0.2, 0.25) is 0 Å². The molecule has 0 radical (unpaired) electrons. The number of nitrogens with zero attached hydrogens (tertiary/aromatic N) is 3. The summed E-state index contributed by atoms with van der Waals surface area (Å²) in [5, 5.41) is 2.64. The van der Waals surface area contributed by atoms with Gasteiger partial charge in [-0.25, -0.2) is 4.98 Å². The Kier molecular flexibility index (Phi) is 6.02. The van der Waals surface area contributed by atoms with E-state index in [1.165, 1.54) is 55.3 Å². The maximum atomic E-state index is 5.09. The highest BCUT2D eigenvalue weighted by Gasteiger charge is 2.18. The van der Waals surface area contributed by atoms with Gasteiger partial charge in [0.2, 0.25) is 0 Å². The predicted molar refractivity (Wildman–Crippen MR) is 185 cm³/mol. The fraction of sp³-hybridized carbons (Fsp3) is 0.0976. The predicted octanol–water partition coefficient (Wildman–Crippen LogP) is 10.7. The molecule has 0 aliphatic rings. The molecule has 0 saturated heterocycles. The van der Waals surface area contributed by atoms with Gasteiger partial charge in [0, 0.05) is 33.8 Å². The lowest BCUT2D eigenvalue weighted by molar-refractivity contribution is 1.15. The molecule has 0 aliphatic heterocycles. The first-order chi connectivity index (χ1) is 21.5. The van der Waals surface area contributed by atoms with Crippen molar-refractivity contribution in [1.82, 2.24) is 14.0 Å². The third kappa shape index (κ3) is 4.16. The van der Waals surface area contributed by atoms with Gasteiger partial charge in [-0.1, -0.05) is 96.1 Å². The van der Waals surface area contributed by atoms with Crippen molar-refractivity contribution in [2.45, 2.75) is 27.7 Å². The number of benzene rings is 5. The van der Waals surface area contributed by atoms with Gasteiger partial charge in [0.05, 0.1) is 22.4 Å². The fourth-order valence-corrected chi connectivity index (χ4v) is 6.98. The Bertz CT molecular complexity index is 2270. The molecule has 0 bridgehead atoms. The fourth-order valence-electron chi connectivity index (χ4n) is 6.98. The van der Waals surface area contributed by atoms with Crippen LogP contribution >= 0.6 is 0 Å². The molecule has 8 aromatic rings. The number of hydrogen-bond acceptors (Lipinski definition) is 1. The van der Waals surface area contributed by atoms with E-state index in [0.29, 0.717) is 0 Å². The Morgan fingerprint density at radius 1 is 0.500 bits per heavy atom. The lowest BCUT2D eigenvalue weighted by Crippen LogP contribution is -1.97. The van der Waals surface area contributed by atoms with Gasteiger partial charge >= 0.3 is 0 Å². The van der Waals surface area contributed by atoms with Gasteiger partial charge < -0.3 is 4.57 Å². The molecule has 0 aliphatic carbocycles. The van der Waals surface area contributed by atoms with E-state index in [1.807, 2.05) is 6.07 Å². The van der Waals surface area contributed by atoms with Gasteiger partial charge in [-0.2, -0.15) is 0 Å². The molecule has 0 amide bonds. The van der Waals surface area contributed by atoms with Crippen molar-refractivity contribution in [3.05, 3.63) is 150 Å². The van der Waals surface area contributed by atoms with E-state index in [1.54, 1.807) is 0 Å². The first-order valence-electron chi connectivity index (χ1n) is 15.2. The number of aryl methyl sites for hydroxylation is 4. The quantitative estimate of drug-likeness (QED) is 0.207. The second-order valence-electron chi connectivity index (χ2n) is 12.0. The van der Waals surface area contributed by atoms with Gasteiger partial charge in [0.15, 0.2) is 0 Å². The zero-order valence-electron chi connectivity index (χ0n) is 25.5. The Labute approximate surface area is 257 Å². The summed E-state index contributed by atoms with van der Waals surface area (Å²) in [6.45, 7) is 8.84. The SMILES string of the molecule is Cc1cc(C)c2c(c1)c1cc(C)cc(C)c1n2-c1ccc(-c2ccc3nc(-c4ccccc4)c(-c4ccccc4)n3c2)cc1. The van der Waals surface area contributed by atoms with Crippen LogP contribution < -0.4 is 0 Å². The van der Waals surface area contributed by atoms with Gasteiger partial charge in [0.1, 0.15) is 5.65 Å². The Hall–Kier alpha value is -5.41. The summed E-state index contributed by atoms with van der Waals surface area (Å²) in [4.78, 5) is 5.09. The van der Waals surface area contributed by atoms with E-state index in [2.05, 4.69) is 158 Å². The lowest BCUT2D eigenvalue weighted by Gasteiger charge is -2.13. The topological polar surface area (TPSA) is 22.2 Å². The van der Waals surface area contributed by atoms with Crippen LogP contribution in [0.3, 0.4) is 0 Å². The summed E-state index contributed by atoms with van der Waals surface area (Å²) in [5.74, 6) is 0. The van der Waals surface area contributed by atoms with E-state index >= 15 is 0 Å². The van der Waals surface area contributed by atoms with Crippen LogP contribution in [0.25, 0.3) is 66.8 Å². The molecular weight excluding hydrogens is 534 g/mol. The average Bonchev–Trinajstić information content (AvgIpc) is 3.58. The molecule has 3 heteroatoms. The third-order valence-corrected chi connectivity index (χ3v) is 8.80. The summed E-state index contributed by atoms with van der Waals surface area (Å²) in [6.07, 6.45) is 2.23. The van der Waals surface area contributed by atoms with Gasteiger partial charge in [-0.05, 0) is 86.3 Å². The van der Waals surface area contributed by atoms with Crippen LogP contribution in [0.15, 0.2) is 128 Å². The maximum absolute atomic E-state index is 5.09. The molecule has 0 atom stereocenters. The first kappa shape index (κ1) is 26.2. The van der Waals surface area contributed by atoms with Crippen LogP contribution in [0, 0.1) is 27.7 Å². The summed E-state index contributed by atoms with van der Waals surface area (Å²) in [5.41, 5.74) is 16.5. The number of hydrogen-bond donors (Lipinski definition) is 0. The number of imidazole rings is 1. The zero-order valence-corrected chi connectivity index (χ0v) is 25.5. The minimum absolute atomic E-state index is 0.935. The minimum atomic E-state index is 0.935.